The van der Waals surface area contributed by atoms with E-state index in [4.69, 9.17) is 5.73 Å². The van der Waals surface area contributed by atoms with Gasteiger partial charge in [0.15, 0.2) is 0 Å². The number of hydrogen-bond acceptors (Lipinski definition) is 2. The highest BCUT2D eigenvalue weighted by molar-refractivity contribution is 5.34. The highest BCUT2D eigenvalue weighted by Gasteiger charge is 2.16. The standard InChI is InChI=1S/C16H20N2/c1-18(2)16(14-8-4-3-5-9-14)15-10-6-7-13(11-15)12-17/h3-11,16H,12,17H2,1-2H3. The van der Waals surface area contributed by atoms with E-state index in [2.05, 4.69) is 67.5 Å². The molecule has 0 aliphatic rings. The zero-order valence-electron chi connectivity index (χ0n) is 11.0. The molecule has 2 aromatic rings. The van der Waals surface area contributed by atoms with Crippen LogP contribution in [0.2, 0.25) is 0 Å². The second-order valence-corrected chi connectivity index (χ2v) is 4.73. The van der Waals surface area contributed by atoms with Crippen LogP contribution in [0.1, 0.15) is 22.7 Å². The molecule has 2 aromatic carbocycles. The Morgan fingerprint density at radius 3 is 2.22 bits per heavy atom. The van der Waals surface area contributed by atoms with Crippen LogP contribution in [0.3, 0.4) is 0 Å². The zero-order chi connectivity index (χ0) is 13.0. The summed E-state index contributed by atoms with van der Waals surface area (Å²) in [5.74, 6) is 0. The molecule has 0 fully saturated rings. The van der Waals surface area contributed by atoms with Gasteiger partial charge in [-0.25, -0.2) is 0 Å². The van der Waals surface area contributed by atoms with Gasteiger partial charge in [0, 0.05) is 6.54 Å². The molecular weight excluding hydrogens is 220 g/mol. The van der Waals surface area contributed by atoms with Gasteiger partial charge in [-0.15, -0.1) is 0 Å². The summed E-state index contributed by atoms with van der Waals surface area (Å²) in [6.07, 6.45) is 0. The van der Waals surface area contributed by atoms with Gasteiger partial charge in [-0.2, -0.15) is 0 Å². The SMILES string of the molecule is CN(C)C(c1ccccc1)c1cccc(CN)c1. The Balaban J connectivity index is 2.42. The third-order valence-corrected chi connectivity index (χ3v) is 3.13. The molecule has 0 spiro atoms. The average molecular weight is 240 g/mol. The van der Waals surface area contributed by atoms with Crippen LogP contribution in [0, 0.1) is 0 Å². The lowest BCUT2D eigenvalue weighted by atomic mass is 9.96. The van der Waals surface area contributed by atoms with Crippen LogP contribution in [0.25, 0.3) is 0 Å². The Morgan fingerprint density at radius 1 is 0.944 bits per heavy atom. The molecule has 1 unspecified atom stereocenters. The Morgan fingerprint density at radius 2 is 1.61 bits per heavy atom. The molecule has 0 amide bonds. The molecule has 0 saturated heterocycles. The minimum Gasteiger partial charge on any atom is -0.326 e. The molecule has 0 aliphatic heterocycles. The summed E-state index contributed by atoms with van der Waals surface area (Å²) in [6.45, 7) is 0.586. The summed E-state index contributed by atoms with van der Waals surface area (Å²) < 4.78 is 0. The summed E-state index contributed by atoms with van der Waals surface area (Å²) in [5, 5.41) is 0. The predicted molar refractivity (Wildman–Crippen MR) is 76.3 cm³/mol. The minimum atomic E-state index is 0.276. The van der Waals surface area contributed by atoms with Crippen molar-refractivity contribution in [2.45, 2.75) is 12.6 Å². The molecule has 0 aliphatic carbocycles. The highest BCUT2D eigenvalue weighted by Crippen LogP contribution is 2.26. The van der Waals surface area contributed by atoms with E-state index >= 15 is 0 Å². The summed E-state index contributed by atoms with van der Waals surface area (Å²) in [7, 11) is 4.21. The molecule has 0 bridgehead atoms. The largest absolute Gasteiger partial charge is 0.326 e. The van der Waals surface area contributed by atoms with E-state index in [0.717, 1.165) is 0 Å². The van der Waals surface area contributed by atoms with Crippen molar-refractivity contribution in [1.82, 2.24) is 4.90 Å². The van der Waals surface area contributed by atoms with E-state index in [9.17, 15) is 0 Å². The van der Waals surface area contributed by atoms with Gasteiger partial charge in [0.1, 0.15) is 0 Å². The topological polar surface area (TPSA) is 29.3 Å². The molecule has 2 N–H and O–H groups in total. The van der Waals surface area contributed by atoms with Crippen LogP contribution in [0.5, 0.6) is 0 Å². The van der Waals surface area contributed by atoms with Crippen molar-refractivity contribution >= 4 is 0 Å². The summed E-state index contributed by atoms with van der Waals surface area (Å²) in [4.78, 5) is 2.23. The first-order valence-electron chi connectivity index (χ1n) is 6.22. The molecule has 2 heteroatoms. The molecule has 0 aromatic heterocycles. The van der Waals surface area contributed by atoms with Gasteiger partial charge in [-0.3, -0.25) is 4.90 Å². The van der Waals surface area contributed by atoms with E-state index < -0.39 is 0 Å². The highest BCUT2D eigenvalue weighted by atomic mass is 15.1. The second-order valence-electron chi connectivity index (χ2n) is 4.73. The average Bonchev–Trinajstić information content (AvgIpc) is 2.40. The number of rotatable bonds is 4. The van der Waals surface area contributed by atoms with Crippen molar-refractivity contribution in [3.05, 3.63) is 71.3 Å². The van der Waals surface area contributed by atoms with Crippen LogP contribution >= 0.6 is 0 Å². The number of hydrogen-bond donors (Lipinski definition) is 1. The Hall–Kier alpha value is -1.64. The zero-order valence-corrected chi connectivity index (χ0v) is 11.0. The van der Waals surface area contributed by atoms with Gasteiger partial charge < -0.3 is 5.73 Å². The third-order valence-electron chi connectivity index (χ3n) is 3.13. The van der Waals surface area contributed by atoms with Crippen LogP contribution in [-0.2, 0) is 6.54 Å². The maximum atomic E-state index is 5.72. The monoisotopic (exact) mass is 240 g/mol. The van der Waals surface area contributed by atoms with E-state index in [-0.39, 0.29) is 6.04 Å². The maximum absolute atomic E-state index is 5.72. The Bertz CT molecular complexity index is 491. The molecule has 94 valence electrons. The van der Waals surface area contributed by atoms with E-state index in [1.165, 1.54) is 16.7 Å². The number of benzene rings is 2. The quantitative estimate of drug-likeness (QED) is 0.890. The molecule has 2 nitrogen and oxygen atoms in total. The Labute approximate surface area is 109 Å². The number of nitrogens with two attached hydrogens (primary N) is 1. The van der Waals surface area contributed by atoms with Crippen LogP contribution in [0.15, 0.2) is 54.6 Å². The molecule has 0 saturated carbocycles. The van der Waals surface area contributed by atoms with Gasteiger partial charge in [0.2, 0.25) is 0 Å². The van der Waals surface area contributed by atoms with Crippen molar-refractivity contribution in [2.24, 2.45) is 5.73 Å². The van der Waals surface area contributed by atoms with Gasteiger partial charge in [-0.1, -0.05) is 54.6 Å². The van der Waals surface area contributed by atoms with Crippen molar-refractivity contribution < 1.29 is 0 Å². The third kappa shape index (κ3) is 2.78. The van der Waals surface area contributed by atoms with Gasteiger partial charge in [-0.05, 0) is 30.8 Å². The lowest BCUT2D eigenvalue weighted by Gasteiger charge is -2.25. The second kappa shape index (κ2) is 5.80. The fraction of sp³-hybridized carbons (Fsp3) is 0.250. The number of nitrogens with zero attached hydrogens (tertiary/aromatic N) is 1. The van der Waals surface area contributed by atoms with Crippen LogP contribution < -0.4 is 5.73 Å². The lowest BCUT2D eigenvalue weighted by Crippen LogP contribution is -2.21. The summed E-state index contributed by atoms with van der Waals surface area (Å²) in [6, 6.07) is 19.3. The van der Waals surface area contributed by atoms with Crippen molar-refractivity contribution in [1.29, 1.82) is 0 Å². The molecule has 18 heavy (non-hydrogen) atoms. The summed E-state index contributed by atoms with van der Waals surface area (Å²) in [5.41, 5.74) is 9.48. The normalized spacial score (nSPS) is 12.7. The minimum absolute atomic E-state index is 0.276. The Kier molecular flexibility index (Phi) is 4.13. The molecule has 0 heterocycles. The van der Waals surface area contributed by atoms with E-state index in [1.807, 2.05) is 6.07 Å². The molecular formula is C16H20N2. The predicted octanol–water partition coefficient (Wildman–Crippen LogP) is 2.80. The first kappa shape index (κ1) is 12.8. The van der Waals surface area contributed by atoms with Crippen LogP contribution in [0.4, 0.5) is 0 Å². The summed E-state index contributed by atoms with van der Waals surface area (Å²) >= 11 is 0. The van der Waals surface area contributed by atoms with Gasteiger partial charge in [0.05, 0.1) is 6.04 Å². The van der Waals surface area contributed by atoms with Gasteiger partial charge >= 0.3 is 0 Å². The smallest absolute Gasteiger partial charge is 0.0596 e. The van der Waals surface area contributed by atoms with Crippen molar-refractivity contribution in [2.75, 3.05) is 14.1 Å². The first-order valence-corrected chi connectivity index (χ1v) is 6.22. The fourth-order valence-electron chi connectivity index (χ4n) is 2.31. The van der Waals surface area contributed by atoms with Gasteiger partial charge in [0.25, 0.3) is 0 Å². The first-order chi connectivity index (χ1) is 8.72. The maximum Gasteiger partial charge on any atom is 0.0596 e. The van der Waals surface area contributed by atoms with Crippen molar-refractivity contribution in [3.8, 4) is 0 Å². The molecule has 1 atom stereocenters. The van der Waals surface area contributed by atoms with Crippen molar-refractivity contribution in [3.63, 3.8) is 0 Å². The fourth-order valence-corrected chi connectivity index (χ4v) is 2.31. The molecule has 0 radical (unpaired) electrons. The lowest BCUT2D eigenvalue weighted by molar-refractivity contribution is 0.342. The van der Waals surface area contributed by atoms with E-state index in [1.54, 1.807) is 0 Å². The van der Waals surface area contributed by atoms with E-state index in [0.29, 0.717) is 6.54 Å². The van der Waals surface area contributed by atoms with Crippen LogP contribution in [-0.4, -0.2) is 19.0 Å². The molecule has 2 rings (SSSR count).